The number of anilines is 1. The largest absolute Gasteiger partial charge is 0.446 e. The molecular weight excluding hydrogens is 424 g/mol. The number of nitrogens with zero attached hydrogens (tertiary/aromatic N) is 2. The van der Waals surface area contributed by atoms with E-state index < -0.39 is 23.2 Å². The summed E-state index contributed by atoms with van der Waals surface area (Å²) in [4.78, 5) is 12.0. The Morgan fingerprint density at radius 2 is 1.66 bits per heavy atom. The Hall–Kier alpha value is -3.02. The zero-order valence-corrected chi connectivity index (χ0v) is 14.8. The lowest BCUT2D eigenvalue weighted by Gasteiger charge is -2.07. The molecule has 0 bridgehead atoms. The summed E-state index contributed by atoms with van der Waals surface area (Å²) < 4.78 is 80.3. The van der Waals surface area contributed by atoms with Crippen LogP contribution in [0.15, 0.2) is 57.8 Å². The molecule has 3 rings (SSSR count). The van der Waals surface area contributed by atoms with Gasteiger partial charge in [0.05, 0.1) is 5.56 Å². The summed E-state index contributed by atoms with van der Waals surface area (Å²) in [6, 6.07) is 8.37. The number of hydrogen-bond donors (Lipinski definition) is 1. The average molecular weight is 433 g/mol. The predicted octanol–water partition coefficient (Wildman–Crippen LogP) is 5.62. The van der Waals surface area contributed by atoms with Crippen molar-refractivity contribution in [2.45, 2.75) is 16.6 Å². The molecule has 3 aromatic rings. The molecule has 1 heterocycles. The van der Waals surface area contributed by atoms with Crippen LogP contribution in [0.1, 0.15) is 15.9 Å². The van der Waals surface area contributed by atoms with Gasteiger partial charge in [-0.3, -0.25) is 10.1 Å². The van der Waals surface area contributed by atoms with E-state index in [2.05, 4.69) is 15.5 Å². The Balaban J connectivity index is 1.72. The first-order valence-corrected chi connectivity index (χ1v) is 8.51. The molecule has 0 fully saturated rings. The zero-order chi connectivity index (χ0) is 21.2. The third-order valence-corrected chi connectivity index (χ3v) is 4.16. The number of halogens is 6. The number of rotatable bonds is 4. The van der Waals surface area contributed by atoms with Crippen LogP contribution in [0.3, 0.4) is 0 Å². The molecule has 1 amide bonds. The molecule has 0 saturated carbocycles. The minimum absolute atomic E-state index is 0.0754. The fourth-order valence-electron chi connectivity index (χ4n) is 2.20. The second-order valence-corrected chi connectivity index (χ2v) is 6.66. The first kappa shape index (κ1) is 20.7. The molecule has 1 N–H and O–H groups in total. The Labute approximate surface area is 163 Å². The van der Waals surface area contributed by atoms with Gasteiger partial charge < -0.3 is 4.42 Å². The van der Waals surface area contributed by atoms with Crippen LogP contribution in [0.25, 0.3) is 11.5 Å². The number of hydrogen-bond acceptors (Lipinski definition) is 5. The Morgan fingerprint density at radius 1 is 0.966 bits per heavy atom. The topological polar surface area (TPSA) is 68.0 Å². The number of carbonyl (C=O) groups is 1. The van der Waals surface area contributed by atoms with Gasteiger partial charge in [-0.15, -0.1) is 5.10 Å². The molecule has 0 unspecified atom stereocenters. The van der Waals surface area contributed by atoms with Gasteiger partial charge in [-0.25, -0.2) is 0 Å². The van der Waals surface area contributed by atoms with Crippen molar-refractivity contribution in [2.24, 2.45) is 0 Å². The molecule has 2 aromatic carbocycles. The summed E-state index contributed by atoms with van der Waals surface area (Å²) in [5, 5.41) is 9.40. The van der Waals surface area contributed by atoms with E-state index in [0.29, 0.717) is 0 Å². The lowest BCUT2D eigenvalue weighted by atomic mass is 10.1. The van der Waals surface area contributed by atoms with Gasteiger partial charge in [-0.05, 0) is 54.2 Å². The third-order valence-electron chi connectivity index (χ3n) is 3.43. The van der Waals surface area contributed by atoms with Crippen LogP contribution in [0, 0.1) is 0 Å². The maximum atomic E-state index is 12.6. The molecule has 5 nitrogen and oxygen atoms in total. The molecule has 1 aromatic heterocycles. The van der Waals surface area contributed by atoms with E-state index in [-0.39, 0.29) is 39.7 Å². The van der Waals surface area contributed by atoms with Crippen molar-refractivity contribution >= 4 is 23.7 Å². The van der Waals surface area contributed by atoms with Crippen LogP contribution in [-0.2, 0) is 6.18 Å². The molecule has 29 heavy (non-hydrogen) atoms. The monoisotopic (exact) mass is 433 g/mol. The first-order chi connectivity index (χ1) is 13.5. The van der Waals surface area contributed by atoms with Crippen LogP contribution in [0.4, 0.5) is 32.4 Å². The normalized spacial score (nSPS) is 12.1. The van der Waals surface area contributed by atoms with Gasteiger partial charge >= 0.3 is 17.7 Å². The second-order valence-electron chi connectivity index (χ2n) is 5.52. The van der Waals surface area contributed by atoms with E-state index in [1.165, 1.54) is 18.2 Å². The van der Waals surface area contributed by atoms with E-state index in [9.17, 15) is 31.1 Å². The molecule has 0 aliphatic heterocycles. The molecule has 0 aliphatic carbocycles. The number of alkyl halides is 6. The lowest BCUT2D eigenvalue weighted by molar-refractivity contribution is -0.137. The van der Waals surface area contributed by atoms with Crippen LogP contribution in [0.2, 0.25) is 0 Å². The maximum absolute atomic E-state index is 12.6. The molecule has 0 radical (unpaired) electrons. The van der Waals surface area contributed by atoms with Crippen molar-refractivity contribution in [2.75, 3.05) is 5.32 Å². The highest BCUT2D eigenvalue weighted by molar-refractivity contribution is 8.00. The highest BCUT2D eigenvalue weighted by Gasteiger charge is 2.30. The van der Waals surface area contributed by atoms with Crippen LogP contribution in [-0.4, -0.2) is 21.6 Å². The fourth-order valence-corrected chi connectivity index (χ4v) is 2.80. The van der Waals surface area contributed by atoms with Gasteiger partial charge in [-0.1, -0.05) is 11.2 Å². The average Bonchev–Trinajstić information content (AvgIpc) is 3.08. The quantitative estimate of drug-likeness (QED) is 0.427. The van der Waals surface area contributed by atoms with Crippen molar-refractivity contribution in [3.8, 4) is 11.5 Å². The van der Waals surface area contributed by atoms with Crippen molar-refractivity contribution in [1.29, 1.82) is 0 Å². The van der Waals surface area contributed by atoms with E-state index in [4.69, 9.17) is 4.42 Å². The van der Waals surface area contributed by atoms with Gasteiger partial charge in [-0.2, -0.15) is 26.3 Å². The smallest absolute Gasteiger partial charge is 0.403 e. The van der Waals surface area contributed by atoms with Crippen LogP contribution < -0.4 is 5.32 Å². The molecule has 0 aliphatic rings. The van der Waals surface area contributed by atoms with E-state index in [1.807, 2.05) is 0 Å². The standard InChI is InChI=1S/C17H9F6N3O2S/c18-16(19,20)11-6-4-9(5-7-11)14-25-26-15(28-14)24-13(27)10-2-1-3-12(8-10)29-17(21,22)23/h1-8H,(H,24,26,27). The predicted molar refractivity (Wildman–Crippen MR) is 91.0 cm³/mol. The van der Waals surface area contributed by atoms with E-state index >= 15 is 0 Å². The molecule has 12 heteroatoms. The number of nitrogens with one attached hydrogen (secondary N) is 1. The molecular formula is C17H9F6N3O2S. The zero-order valence-electron chi connectivity index (χ0n) is 14.0. The molecule has 0 saturated heterocycles. The highest BCUT2D eigenvalue weighted by Crippen LogP contribution is 2.37. The van der Waals surface area contributed by atoms with Gasteiger partial charge in [0.2, 0.25) is 5.89 Å². The van der Waals surface area contributed by atoms with Crippen molar-refractivity contribution in [3.63, 3.8) is 0 Å². The Morgan fingerprint density at radius 3 is 2.28 bits per heavy atom. The Bertz CT molecular complexity index is 1010. The van der Waals surface area contributed by atoms with Gasteiger partial charge in [0.25, 0.3) is 5.91 Å². The summed E-state index contributed by atoms with van der Waals surface area (Å²) >= 11 is -0.369. The van der Waals surface area contributed by atoms with Gasteiger partial charge in [0.15, 0.2) is 0 Å². The minimum atomic E-state index is -4.50. The molecule has 0 spiro atoms. The maximum Gasteiger partial charge on any atom is 0.446 e. The number of aromatic nitrogens is 2. The SMILES string of the molecule is O=C(Nc1nnc(-c2ccc(C(F)(F)F)cc2)o1)c1cccc(SC(F)(F)F)c1. The number of carbonyl (C=O) groups excluding carboxylic acids is 1. The van der Waals surface area contributed by atoms with Crippen LogP contribution in [0.5, 0.6) is 0 Å². The third kappa shape index (κ3) is 5.50. The molecule has 0 atom stereocenters. The Kier molecular flexibility index (Phi) is 5.55. The number of amides is 1. The minimum Gasteiger partial charge on any atom is -0.403 e. The van der Waals surface area contributed by atoms with Crippen molar-refractivity contribution in [1.82, 2.24) is 10.2 Å². The van der Waals surface area contributed by atoms with Crippen molar-refractivity contribution < 1.29 is 35.6 Å². The van der Waals surface area contributed by atoms with E-state index in [0.717, 1.165) is 30.3 Å². The lowest BCUT2D eigenvalue weighted by Crippen LogP contribution is -2.12. The van der Waals surface area contributed by atoms with Gasteiger partial charge in [0.1, 0.15) is 0 Å². The van der Waals surface area contributed by atoms with Crippen LogP contribution >= 0.6 is 11.8 Å². The molecule has 152 valence electrons. The van der Waals surface area contributed by atoms with E-state index in [1.54, 1.807) is 0 Å². The first-order valence-electron chi connectivity index (χ1n) is 7.69. The number of thioether (sulfide) groups is 1. The summed E-state index contributed by atoms with van der Waals surface area (Å²) in [5.74, 6) is -0.937. The fraction of sp³-hybridized carbons (Fsp3) is 0.118. The summed E-state index contributed by atoms with van der Waals surface area (Å²) in [6.07, 6.45) is -4.49. The highest BCUT2D eigenvalue weighted by atomic mass is 32.2. The van der Waals surface area contributed by atoms with Crippen molar-refractivity contribution in [3.05, 3.63) is 59.7 Å². The second kappa shape index (κ2) is 7.78. The summed E-state index contributed by atoms with van der Waals surface area (Å²) in [5.41, 5.74) is -5.24. The van der Waals surface area contributed by atoms with Gasteiger partial charge in [0, 0.05) is 16.0 Å². The summed E-state index contributed by atoms with van der Waals surface area (Å²) in [7, 11) is 0. The summed E-state index contributed by atoms with van der Waals surface area (Å²) in [6.45, 7) is 0. The number of benzene rings is 2.